The predicted molar refractivity (Wildman–Crippen MR) is 238 cm³/mol. The van der Waals surface area contributed by atoms with Gasteiger partial charge in [0, 0.05) is 19.3 Å². The van der Waals surface area contributed by atoms with E-state index in [-0.39, 0.29) is 31.1 Å². The van der Waals surface area contributed by atoms with E-state index in [1.165, 1.54) is 186 Å². The van der Waals surface area contributed by atoms with Gasteiger partial charge in [0.2, 0.25) is 0 Å². The molecule has 332 valence electrons. The van der Waals surface area contributed by atoms with Crippen molar-refractivity contribution in [2.45, 2.75) is 290 Å². The molecule has 0 spiro atoms. The Hall–Kier alpha value is -1.59. The second-order valence-electron chi connectivity index (χ2n) is 17.1. The Kier molecular flexibility index (Phi) is 44.8. The summed E-state index contributed by atoms with van der Waals surface area (Å²) >= 11 is 0. The van der Waals surface area contributed by atoms with E-state index in [2.05, 4.69) is 20.8 Å². The number of esters is 3. The second-order valence-corrected chi connectivity index (χ2v) is 17.1. The number of hydrogen-bond acceptors (Lipinski definition) is 6. The lowest BCUT2D eigenvalue weighted by Gasteiger charge is -2.18. The van der Waals surface area contributed by atoms with Crippen molar-refractivity contribution in [1.29, 1.82) is 0 Å². The molecule has 0 aromatic heterocycles. The Morgan fingerprint density at radius 2 is 0.482 bits per heavy atom. The van der Waals surface area contributed by atoms with Crippen LogP contribution in [0.3, 0.4) is 0 Å². The molecule has 0 heterocycles. The van der Waals surface area contributed by atoms with Gasteiger partial charge >= 0.3 is 17.9 Å². The lowest BCUT2D eigenvalue weighted by molar-refractivity contribution is -0.167. The molecular formula is C50H96O6. The first kappa shape index (κ1) is 54.4. The van der Waals surface area contributed by atoms with Crippen LogP contribution in [0.1, 0.15) is 284 Å². The van der Waals surface area contributed by atoms with Crippen LogP contribution >= 0.6 is 0 Å². The standard InChI is InChI=1S/C50H96O6/c1-4-7-10-13-16-19-22-23-24-25-26-27-29-31-34-37-40-43-49(52)55-46-47(45-54-48(51)42-39-36-33-30-21-18-15-12-9-6-3)56-50(53)44-41-38-35-32-28-20-17-14-11-8-5-2/h47H,4-46H2,1-3H3/t47-/m0/s1. The number of rotatable bonds is 46. The highest BCUT2D eigenvalue weighted by atomic mass is 16.6. The molecule has 0 aliphatic heterocycles. The highest BCUT2D eigenvalue weighted by Gasteiger charge is 2.19. The van der Waals surface area contributed by atoms with Gasteiger partial charge in [0.1, 0.15) is 13.2 Å². The number of carbonyl (C=O) groups excluding carboxylic acids is 3. The largest absolute Gasteiger partial charge is 0.462 e. The van der Waals surface area contributed by atoms with Crippen molar-refractivity contribution in [2.75, 3.05) is 13.2 Å². The Bertz CT molecular complexity index is 828. The molecule has 0 bridgehead atoms. The first-order chi connectivity index (χ1) is 27.5. The molecule has 0 aliphatic rings. The summed E-state index contributed by atoms with van der Waals surface area (Å²) in [5, 5.41) is 0. The number of carbonyl (C=O) groups is 3. The zero-order valence-corrected chi connectivity index (χ0v) is 37.9. The molecule has 0 aromatic carbocycles. The Morgan fingerprint density at radius 3 is 0.714 bits per heavy atom. The van der Waals surface area contributed by atoms with Crippen molar-refractivity contribution in [2.24, 2.45) is 0 Å². The molecule has 0 fully saturated rings. The fourth-order valence-corrected chi connectivity index (χ4v) is 7.56. The molecule has 0 amide bonds. The quantitative estimate of drug-likeness (QED) is 0.0347. The van der Waals surface area contributed by atoms with E-state index in [1.807, 2.05) is 0 Å². The molecule has 6 nitrogen and oxygen atoms in total. The van der Waals surface area contributed by atoms with Crippen LogP contribution < -0.4 is 0 Å². The van der Waals surface area contributed by atoms with Gasteiger partial charge in [-0.15, -0.1) is 0 Å². The third-order valence-corrected chi connectivity index (χ3v) is 11.4. The van der Waals surface area contributed by atoms with Gasteiger partial charge in [-0.2, -0.15) is 0 Å². The van der Waals surface area contributed by atoms with Crippen LogP contribution in [-0.4, -0.2) is 37.2 Å². The normalized spacial score (nSPS) is 11.8. The summed E-state index contributed by atoms with van der Waals surface area (Å²) in [4.78, 5) is 37.8. The minimum Gasteiger partial charge on any atom is -0.462 e. The fourth-order valence-electron chi connectivity index (χ4n) is 7.56. The zero-order valence-electron chi connectivity index (χ0n) is 37.9. The Morgan fingerprint density at radius 1 is 0.286 bits per heavy atom. The van der Waals surface area contributed by atoms with Crippen molar-refractivity contribution < 1.29 is 28.6 Å². The van der Waals surface area contributed by atoms with Crippen molar-refractivity contribution in [3.05, 3.63) is 0 Å². The van der Waals surface area contributed by atoms with Gasteiger partial charge in [-0.05, 0) is 19.3 Å². The van der Waals surface area contributed by atoms with E-state index in [9.17, 15) is 14.4 Å². The van der Waals surface area contributed by atoms with Crippen molar-refractivity contribution in [1.82, 2.24) is 0 Å². The number of hydrogen-bond donors (Lipinski definition) is 0. The Balaban J connectivity index is 4.24. The van der Waals surface area contributed by atoms with E-state index in [0.717, 1.165) is 57.8 Å². The molecule has 0 N–H and O–H groups in total. The molecule has 0 saturated carbocycles. The van der Waals surface area contributed by atoms with Gasteiger partial charge in [-0.3, -0.25) is 14.4 Å². The van der Waals surface area contributed by atoms with Crippen molar-refractivity contribution >= 4 is 17.9 Å². The average molecular weight is 793 g/mol. The van der Waals surface area contributed by atoms with Gasteiger partial charge in [-0.1, -0.05) is 245 Å². The number of unbranched alkanes of at least 4 members (excludes halogenated alkanes) is 35. The van der Waals surface area contributed by atoms with Crippen LogP contribution in [0.5, 0.6) is 0 Å². The van der Waals surface area contributed by atoms with Gasteiger partial charge in [0.25, 0.3) is 0 Å². The molecule has 0 unspecified atom stereocenters. The fraction of sp³-hybridized carbons (Fsp3) is 0.940. The van der Waals surface area contributed by atoms with E-state index in [1.54, 1.807) is 0 Å². The van der Waals surface area contributed by atoms with Crippen LogP contribution in [0, 0.1) is 0 Å². The predicted octanol–water partition coefficient (Wildman–Crippen LogP) is 16.0. The molecule has 56 heavy (non-hydrogen) atoms. The highest BCUT2D eigenvalue weighted by molar-refractivity contribution is 5.71. The first-order valence-electron chi connectivity index (χ1n) is 25.0. The van der Waals surface area contributed by atoms with Crippen molar-refractivity contribution in [3.63, 3.8) is 0 Å². The molecule has 0 rings (SSSR count). The summed E-state index contributed by atoms with van der Waals surface area (Å²) in [5.74, 6) is -0.847. The molecule has 0 saturated heterocycles. The lowest BCUT2D eigenvalue weighted by atomic mass is 10.0. The third-order valence-electron chi connectivity index (χ3n) is 11.4. The molecule has 0 radical (unpaired) electrons. The summed E-state index contributed by atoms with van der Waals surface area (Å²) in [6.07, 6.45) is 48.0. The van der Waals surface area contributed by atoms with E-state index >= 15 is 0 Å². The number of ether oxygens (including phenoxy) is 3. The minimum absolute atomic E-state index is 0.0622. The maximum Gasteiger partial charge on any atom is 0.306 e. The third kappa shape index (κ3) is 43.5. The molecule has 1 atom stereocenters. The highest BCUT2D eigenvalue weighted by Crippen LogP contribution is 2.16. The van der Waals surface area contributed by atoms with Gasteiger partial charge in [0.05, 0.1) is 0 Å². The maximum absolute atomic E-state index is 12.7. The van der Waals surface area contributed by atoms with Gasteiger partial charge in [0.15, 0.2) is 6.10 Å². The Labute approximate surface area is 348 Å². The molecule has 6 heteroatoms. The van der Waals surface area contributed by atoms with Crippen molar-refractivity contribution in [3.8, 4) is 0 Å². The molecule has 0 aliphatic carbocycles. The summed E-state index contributed by atoms with van der Waals surface area (Å²) < 4.78 is 16.8. The minimum atomic E-state index is -0.758. The van der Waals surface area contributed by atoms with Crippen LogP contribution in [0.25, 0.3) is 0 Å². The van der Waals surface area contributed by atoms with Gasteiger partial charge < -0.3 is 14.2 Å². The van der Waals surface area contributed by atoms with E-state index in [0.29, 0.717) is 19.3 Å². The topological polar surface area (TPSA) is 78.9 Å². The van der Waals surface area contributed by atoms with Gasteiger partial charge in [-0.25, -0.2) is 0 Å². The smallest absolute Gasteiger partial charge is 0.306 e. The van der Waals surface area contributed by atoms with Crippen LogP contribution in [-0.2, 0) is 28.6 Å². The SMILES string of the molecule is CCCCCCCCCCCCCCCCCCCC(=O)OC[C@H](COC(=O)CCCCCCCCCCCC)OC(=O)CCCCCCCCCCCCC. The lowest BCUT2D eigenvalue weighted by Crippen LogP contribution is -2.30. The van der Waals surface area contributed by atoms with E-state index in [4.69, 9.17) is 14.2 Å². The summed E-state index contributed by atoms with van der Waals surface area (Å²) in [6, 6.07) is 0. The second kappa shape index (κ2) is 46.1. The average Bonchev–Trinajstić information content (AvgIpc) is 3.19. The maximum atomic E-state index is 12.7. The van der Waals surface area contributed by atoms with Crippen LogP contribution in [0.2, 0.25) is 0 Å². The van der Waals surface area contributed by atoms with Crippen LogP contribution in [0.4, 0.5) is 0 Å². The monoisotopic (exact) mass is 793 g/mol. The summed E-state index contributed by atoms with van der Waals surface area (Å²) in [6.45, 7) is 6.66. The summed E-state index contributed by atoms with van der Waals surface area (Å²) in [5.41, 5.74) is 0. The molecule has 0 aromatic rings. The zero-order chi connectivity index (χ0) is 40.8. The van der Waals surface area contributed by atoms with Crippen LogP contribution in [0.15, 0.2) is 0 Å². The van der Waals surface area contributed by atoms with E-state index < -0.39 is 6.10 Å². The molecular weight excluding hydrogens is 697 g/mol. The first-order valence-corrected chi connectivity index (χ1v) is 25.0. The summed E-state index contributed by atoms with van der Waals surface area (Å²) in [7, 11) is 0.